The summed E-state index contributed by atoms with van der Waals surface area (Å²) in [5.41, 5.74) is 0.956. The third-order valence-corrected chi connectivity index (χ3v) is 4.98. The predicted octanol–water partition coefficient (Wildman–Crippen LogP) is 1.75. The zero-order chi connectivity index (χ0) is 19.2. The molecule has 7 heteroatoms. The third-order valence-electron chi connectivity index (χ3n) is 4.98. The number of rotatable bonds is 6. The van der Waals surface area contributed by atoms with Gasteiger partial charge in [-0.05, 0) is 24.8 Å². The van der Waals surface area contributed by atoms with Crippen molar-refractivity contribution in [2.45, 2.75) is 64.0 Å². The zero-order valence-corrected chi connectivity index (χ0v) is 15.6. The van der Waals surface area contributed by atoms with Crippen molar-refractivity contribution in [1.82, 2.24) is 10.2 Å². The first kappa shape index (κ1) is 19.4. The van der Waals surface area contributed by atoms with Gasteiger partial charge < -0.3 is 19.7 Å². The van der Waals surface area contributed by atoms with Gasteiger partial charge in [0.25, 0.3) is 0 Å². The number of carbonyl (C=O) groups excluding carboxylic acids is 3. The van der Waals surface area contributed by atoms with Gasteiger partial charge in [-0.1, -0.05) is 37.3 Å². The quantitative estimate of drug-likeness (QED) is 0.767. The number of likely N-dealkylation sites (tertiary alicyclic amines) is 1. The summed E-state index contributed by atoms with van der Waals surface area (Å²) >= 11 is 0. The second-order valence-electron chi connectivity index (χ2n) is 6.93. The van der Waals surface area contributed by atoms with E-state index in [0.717, 1.165) is 18.4 Å². The summed E-state index contributed by atoms with van der Waals surface area (Å²) in [7, 11) is 0. The van der Waals surface area contributed by atoms with Crippen molar-refractivity contribution >= 4 is 17.8 Å². The molecule has 0 aliphatic carbocycles. The lowest BCUT2D eigenvalue weighted by atomic mass is 10.0. The van der Waals surface area contributed by atoms with Gasteiger partial charge in [0.2, 0.25) is 18.1 Å². The van der Waals surface area contributed by atoms with Crippen LogP contribution in [0.4, 0.5) is 0 Å². The second-order valence-corrected chi connectivity index (χ2v) is 6.93. The van der Waals surface area contributed by atoms with Crippen LogP contribution in [-0.4, -0.2) is 47.6 Å². The van der Waals surface area contributed by atoms with Crippen LogP contribution in [0.15, 0.2) is 30.3 Å². The number of benzene rings is 1. The predicted molar refractivity (Wildman–Crippen MR) is 97.3 cm³/mol. The maximum Gasteiger partial charge on any atom is 0.310 e. The van der Waals surface area contributed by atoms with Gasteiger partial charge in [0, 0.05) is 13.0 Å². The highest BCUT2D eigenvalue weighted by molar-refractivity contribution is 5.88. The minimum atomic E-state index is -0.819. The van der Waals surface area contributed by atoms with Crippen molar-refractivity contribution in [3.63, 3.8) is 0 Å². The first-order valence-corrected chi connectivity index (χ1v) is 9.53. The van der Waals surface area contributed by atoms with Crippen molar-refractivity contribution < 1.29 is 23.9 Å². The first-order valence-electron chi connectivity index (χ1n) is 9.53. The molecule has 3 atom stereocenters. The molecule has 0 bridgehead atoms. The number of esters is 1. The fourth-order valence-corrected chi connectivity index (χ4v) is 3.54. The molecule has 0 aromatic heterocycles. The Bertz CT molecular complexity index is 678. The fourth-order valence-electron chi connectivity index (χ4n) is 3.54. The van der Waals surface area contributed by atoms with E-state index < -0.39 is 24.3 Å². The summed E-state index contributed by atoms with van der Waals surface area (Å²) in [5, 5.41) is 2.87. The van der Waals surface area contributed by atoms with Crippen LogP contribution in [0.2, 0.25) is 0 Å². The number of nitrogens with one attached hydrogen (secondary N) is 1. The van der Waals surface area contributed by atoms with Gasteiger partial charge in [-0.3, -0.25) is 14.4 Å². The van der Waals surface area contributed by atoms with Crippen LogP contribution < -0.4 is 5.32 Å². The Hall–Kier alpha value is -2.41. The number of amides is 2. The molecule has 3 unspecified atom stereocenters. The Morgan fingerprint density at radius 2 is 2.04 bits per heavy atom. The highest BCUT2D eigenvalue weighted by atomic mass is 16.7. The number of hydrogen-bond donors (Lipinski definition) is 1. The topological polar surface area (TPSA) is 84.9 Å². The van der Waals surface area contributed by atoms with Gasteiger partial charge in [-0.15, -0.1) is 0 Å². The number of nitrogens with zero attached hydrogens (tertiary/aromatic N) is 1. The Morgan fingerprint density at radius 3 is 2.78 bits per heavy atom. The number of cyclic esters (lactones) is 1. The summed E-state index contributed by atoms with van der Waals surface area (Å²) in [6, 6.07) is 8.52. The summed E-state index contributed by atoms with van der Waals surface area (Å²) in [4.78, 5) is 38.3. The second kappa shape index (κ2) is 8.99. The molecule has 3 rings (SSSR count). The molecule has 1 aromatic rings. The molecule has 7 nitrogen and oxygen atoms in total. The van der Waals surface area contributed by atoms with E-state index in [1.165, 1.54) is 0 Å². The SMILES string of the molecule is CCC(=O)N1CCCCC1C(=O)NC1CC(=O)OC1OCc1ccccc1. The standard InChI is InChI=1S/C20H26N2O5/c1-2-17(23)22-11-7-6-10-16(22)19(25)21-15-12-18(24)27-20(15)26-13-14-8-4-3-5-9-14/h3-5,8-9,15-16,20H,2,6-7,10-13H2,1H3,(H,21,25). The molecule has 0 spiro atoms. The molecule has 2 aliphatic rings. The number of piperidine rings is 1. The summed E-state index contributed by atoms with van der Waals surface area (Å²) in [5.74, 6) is -0.665. The van der Waals surface area contributed by atoms with E-state index in [1.54, 1.807) is 11.8 Å². The summed E-state index contributed by atoms with van der Waals surface area (Å²) in [6.45, 7) is 2.68. The van der Waals surface area contributed by atoms with Crippen LogP contribution in [-0.2, 0) is 30.5 Å². The van der Waals surface area contributed by atoms with Crippen molar-refractivity contribution in [3.8, 4) is 0 Å². The molecule has 2 fully saturated rings. The Kier molecular flexibility index (Phi) is 6.45. The van der Waals surface area contributed by atoms with Crippen LogP contribution in [0.25, 0.3) is 0 Å². The fraction of sp³-hybridized carbons (Fsp3) is 0.550. The van der Waals surface area contributed by atoms with Gasteiger partial charge in [0.15, 0.2) is 0 Å². The smallest absolute Gasteiger partial charge is 0.310 e. The van der Waals surface area contributed by atoms with Gasteiger partial charge in [-0.25, -0.2) is 0 Å². The molecule has 0 radical (unpaired) electrons. The maximum atomic E-state index is 12.8. The van der Waals surface area contributed by atoms with E-state index in [1.807, 2.05) is 30.3 Å². The summed E-state index contributed by atoms with van der Waals surface area (Å²) < 4.78 is 10.9. The molecule has 2 heterocycles. The lowest BCUT2D eigenvalue weighted by molar-refractivity contribution is -0.168. The van der Waals surface area contributed by atoms with E-state index in [0.29, 0.717) is 19.4 Å². The average molecular weight is 374 g/mol. The number of carbonyl (C=O) groups is 3. The van der Waals surface area contributed by atoms with Crippen LogP contribution in [0, 0.1) is 0 Å². The Morgan fingerprint density at radius 1 is 1.26 bits per heavy atom. The van der Waals surface area contributed by atoms with E-state index in [9.17, 15) is 14.4 Å². The van der Waals surface area contributed by atoms with Crippen LogP contribution in [0.3, 0.4) is 0 Å². The molecule has 1 aromatic carbocycles. The van der Waals surface area contributed by atoms with Crippen molar-refractivity contribution in [2.24, 2.45) is 0 Å². The van der Waals surface area contributed by atoms with Gasteiger partial charge in [-0.2, -0.15) is 0 Å². The van der Waals surface area contributed by atoms with Crippen molar-refractivity contribution in [3.05, 3.63) is 35.9 Å². The molecule has 2 aliphatic heterocycles. The zero-order valence-electron chi connectivity index (χ0n) is 15.6. The summed E-state index contributed by atoms with van der Waals surface area (Å²) in [6.07, 6.45) is 2.06. The number of hydrogen-bond acceptors (Lipinski definition) is 5. The molecular weight excluding hydrogens is 348 g/mol. The van der Waals surface area contributed by atoms with E-state index in [-0.39, 0.29) is 24.8 Å². The molecular formula is C20H26N2O5. The van der Waals surface area contributed by atoms with Gasteiger partial charge in [0.1, 0.15) is 12.1 Å². The molecule has 146 valence electrons. The molecule has 2 amide bonds. The molecule has 2 saturated heterocycles. The van der Waals surface area contributed by atoms with E-state index in [4.69, 9.17) is 9.47 Å². The lowest BCUT2D eigenvalue weighted by Crippen LogP contribution is -2.55. The molecule has 1 N–H and O–H groups in total. The first-order chi connectivity index (χ1) is 13.1. The minimum Gasteiger partial charge on any atom is -0.433 e. The molecule has 0 saturated carbocycles. The highest BCUT2D eigenvalue weighted by Crippen LogP contribution is 2.21. The average Bonchev–Trinajstić information content (AvgIpc) is 3.05. The number of ether oxygens (including phenoxy) is 2. The lowest BCUT2D eigenvalue weighted by Gasteiger charge is -2.35. The Labute approximate surface area is 159 Å². The maximum absolute atomic E-state index is 12.8. The van der Waals surface area contributed by atoms with E-state index in [2.05, 4.69) is 5.32 Å². The van der Waals surface area contributed by atoms with Crippen LogP contribution in [0.5, 0.6) is 0 Å². The Balaban J connectivity index is 1.60. The third kappa shape index (κ3) is 4.86. The minimum absolute atomic E-state index is 0.0227. The normalized spacial score (nSPS) is 25.1. The van der Waals surface area contributed by atoms with Gasteiger partial charge in [0.05, 0.1) is 13.0 Å². The van der Waals surface area contributed by atoms with E-state index >= 15 is 0 Å². The molecule has 27 heavy (non-hydrogen) atoms. The van der Waals surface area contributed by atoms with Crippen molar-refractivity contribution in [1.29, 1.82) is 0 Å². The van der Waals surface area contributed by atoms with Crippen LogP contribution >= 0.6 is 0 Å². The van der Waals surface area contributed by atoms with Gasteiger partial charge >= 0.3 is 5.97 Å². The van der Waals surface area contributed by atoms with Crippen LogP contribution in [0.1, 0.15) is 44.6 Å². The monoisotopic (exact) mass is 374 g/mol. The highest BCUT2D eigenvalue weighted by Gasteiger charge is 2.39. The largest absolute Gasteiger partial charge is 0.433 e. The van der Waals surface area contributed by atoms with Crippen molar-refractivity contribution in [2.75, 3.05) is 6.54 Å².